The first-order chi connectivity index (χ1) is 9.16. The summed E-state index contributed by atoms with van der Waals surface area (Å²) in [7, 11) is 0. The van der Waals surface area contributed by atoms with Gasteiger partial charge < -0.3 is 10.1 Å². The lowest BCUT2D eigenvalue weighted by Crippen LogP contribution is -2.50. The molecule has 0 radical (unpaired) electrons. The van der Waals surface area contributed by atoms with Crippen molar-refractivity contribution in [2.45, 2.75) is 12.0 Å². The Labute approximate surface area is 106 Å². The number of rotatable bonds is 1. The van der Waals surface area contributed by atoms with Crippen molar-refractivity contribution in [3.8, 4) is 0 Å². The van der Waals surface area contributed by atoms with Gasteiger partial charge in [-0.1, -0.05) is 0 Å². The highest BCUT2D eigenvalue weighted by atomic mass is 19.3. The van der Waals surface area contributed by atoms with E-state index in [4.69, 9.17) is 0 Å². The third kappa shape index (κ3) is 2.04. The fourth-order valence-electron chi connectivity index (χ4n) is 1.67. The fourth-order valence-corrected chi connectivity index (χ4v) is 1.67. The topological polar surface area (TPSA) is 38.3 Å². The van der Waals surface area contributed by atoms with Crippen LogP contribution in [0, 0.1) is 29.1 Å². The van der Waals surface area contributed by atoms with Crippen LogP contribution in [0.15, 0.2) is 0 Å². The van der Waals surface area contributed by atoms with Crippen LogP contribution in [0.25, 0.3) is 0 Å². The van der Waals surface area contributed by atoms with Crippen molar-refractivity contribution >= 4 is 6.09 Å². The van der Waals surface area contributed by atoms with E-state index in [1.54, 1.807) is 0 Å². The Morgan fingerprint density at radius 3 is 1.90 bits per heavy atom. The van der Waals surface area contributed by atoms with E-state index in [9.17, 15) is 35.5 Å². The number of alkyl carbamates (subject to hydrolysis) is 1. The molecule has 10 heteroatoms. The molecule has 1 aliphatic rings. The van der Waals surface area contributed by atoms with Crippen molar-refractivity contribution in [3.63, 3.8) is 0 Å². The number of alkyl halides is 2. The van der Waals surface area contributed by atoms with Crippen LogP contribution in [0.2, 0.25) is 0 Å². The minimum absolute atomic E-state index is 1.33. The lowest BCUT2D eigenvalue weighted by Gasteiger charge is -2.32. The van der Waals surface area contributed by atoms with Gasteiger partial charge in [0, 0.05) is 0 Å². The first kappa shape index (κ1) is 14.4. The highest BCUT2D eigenvalue weighted by Crippen LogP contribution is 2.38. The summed E-state index contributed by atoms with van der Waals surface area (Å²) in [4.78, 5) is 10.8. The number of benzene rings is 1. The van der Waals surface area contributed by atoms with E-state index in [2.05, 4.69) is 4.74 Å². The number of ether oxygens (including phenoxy) is 1. The molecule has 1 heterocycles. The van der Waals surface area contributed by atoms with E-state index in [1.165, 1.54) is 5.32 Å². The first-order valence-corrected chi connectivity index (χ1v) is 4.99. The molecule has 1 aromatic rings. The maximum Gasteiger partial charge on any atom is 0.408 e. The van der Waals surface area contributed by atoms with Gasteiger partial charge in [0.2, 0.25) is 5.82 Å². The van der Waals surface area contributed by atoms with Gasteiger partial charge in [-0.15, -0.1) is 0 Å². The molecule has 1 saturated heterocycles. The standard InChI is InChI=1S/C10H4F7NO2/c11-3-2(4(12)6(14)7(15)5(3)13)8-10(16,17)1-20-9(19)18-8/h8H,1H2,(H,18,19)/t8-/m1/s1. The van der Waals surface area contributed by atoms with Gasteiger partial charge in [-0.3, -0.25) is 0 Å². The molecule has 1 aromatic carbocycles. The molecule has 20 heavy (non-hydrogen) atoms. The van der Waals surface area contributed by atoms with E-state index in [0.29, 0.717) is 0 Å². The molecule has 1 aliphatic heterocycles. The monoisotopic (exact) mass is 303 g/mol. The van der Waals surface area contributed by atoms with Crippen LogP contribution in [-0.4, -0.2) is 18.6 Å². The Balaban J connectivity index is 2.65. The summed E-state index contributed by atoms with van der Waals surface area (Å²) in [6, 6.07) is -2.73. The lowest BCUT2D eigenvalue weighted by atomic mass is 9.98. The number of amides is 1. The number of carbonyl (C=O) groups is 1. The van der Waals surface area contributed by atoms with Crippen molar-refractivity contribution in [2.75, 3.05) is 6.61 Å². The third-order valence-electron chi connectivity index (χ3n) is 2.61. The van der Waals surface area contributed by atoms with Crippen molar-refractivity contribution in [2.24, 2.45) is 0 Å². The van der Waals surface area contributed by atoms with Crippen LogP contribution < -0.4 is 5.32 Å². The predicted octanol–water partition coefficient (Wildman–Crippen LogP) is 2.80. The van der Waals surface area contributed by atoms with Gasteiger partial charge in [0.05, 0.1) is 5.56 Å². The largest absolute Gasteiger partial charge is 0.443 e. The molecule has 1 N–H and O–H groups in total. The summed E-state index contributed by atoms with van der Waals surface area (Å²) >= 11 is 0. The van der Waals surface area contributed by atoms with Gasteiger partial charge in [-0.05, 0) is 0 Å². The van der Waals surface area contributed by atoms with Gasteiger partial charge >= 0.3 is 12.0 Å². The molecular weight excluding hydrogens is 299 g/mol. The van der Waals surface area contributed by atoms with E-state index in [1.807, 2.05) is 0 Å². The van der Waals surface area contributed by atoms with Gasteiger partial charge in [0.1, 0.15) is 6.04 Å². The SMILES string of the molecule is O=C1N[C@H](c2c(F)c(F)c(F)c(F)c2F)C(F)(F)CO1. The molecule has 1 fully saturated rings. The summed E-state index contributed by atoms with van der Waals surface area (Å²) in [6.07, 6.45) is -1.47. The number of carbonyl (C=O) groups excluding carboxylic acids is 1. The molecular formula is C10H4F7NO2. The van der Waals surface area contributed by atoms with Gasteiger partial charge in [0.15, 0.2) is 29.9 Å². The highest BCUT2D eigenvalue weighted by molar-refractivity contribution is 5.69. The van der Waals surface area contributed by atoms with Crippen molar-refractivity contribution in [1.82, 2.24) is 5.32 Å². The molecule has 0 spiro atoms. The molecule has 1 atom stereocenters. The fraction of sp³-hybridized carbons (Fsp3) is 0.300. The summed E-state index contributed by atoms with van der Waals surface area (Å²) in [5, 5.41) is 1.33. The number of hydrogen-bond acceptors (Lipinski definition) is 2. The number of nitrogens with one attached hydrogen (secondary N) is 1. The van der Waals surface area contributed by atoms with Gasteiger partial charge in [-0.2, -0.15) is 0 Å². The molecule has 0 bridgehead atoms. The second kappa shape index (κ2) is 4.53. The number of halogens is 7. The van der Waals surface area contributed by atoms with Crippen molar-refractivity contribution in [1.29, 1.82) is 0 Å². The Morgan fingerprint density at radius 1 is 0.950 bits per heavy atom. The average molecular weight is 303 g/mol. The summed E-state index contributed by atoms with van der Waals surface area (Å²) in [5.74, 6) is -16.2. The maximum absolute atomic E-state index is 13.4. The molecule has 0 saturated carbocycles. The number of hydrogen-bond donors (Lipinski definition) is 1. The zero-order valence-corrected chi connectivity index (χ0v) is 9.25. The van der Waals surface area contributed by atoms with Gasteiger partial charge in [0.25, 0.3) is 0 Å². The number of cyclic esters (lactones) is 1. The molecule has 2 rings (SSSR count). The Bertz CT molecular complexity index is 560. The lowest BCUT2D eigenvalue weighted by molar-refractivity contribution is -0.105. The molecule has 3 nitrogen and oxygen atoms in total. The van der Waals surface area contributed by atoms with Crippen LogP contribution >= 0.6 is 0 Å². The van der Waals surface area contributed by atoms with Crippen molar-refractivity contribution < 1.29 is 40.3 Å². The average Bonchev–Trinajstić information content (AvgIpc) is 2.39. The normalized spacial score (nSPS) is 21.4. The van der Waals surface area contributed by atoms with Crippen LogP contribution in [0.5, 0.6) is 0 Å². The van der Waals surface area contributed by atoms with Gasteiger partial charge in [-0.25, -0.2) is 35.5 Å². The molecule has 1 amide bonds. The van der Waals surface area contributed by atoms with Crippen LogP contribution in [0.4, 0.5) is 35.5 Å². The second-order valence-corrected chi connectivity index (χ2v) is 3.90. The van der Waals surface area contributed by atoms with Crippen LogP contribution in [0.3, 0.4) is 0 Å². The molecule has 0 unspecified atom stereocenters. The van der Waals surface area contributed by atoms with E-state index in [-0.39, 0.29) is 0 Å². The Hall–Kier alpha value is -2.00. The van der Waals surface area contributed by atoms with E-state index in [0.717, 1.165) is 0 Å². The van der Waals surface area contributed by atoms with E-state index >= 15 is 0 Å². The smallest absolute Gasteiger partial charge is 0.408 e. The van der Waals surface area contributed by atoms with E-state index < -0.39 is 59.3 Å². The molecule has 0 aliphatic carbocycles. The summed E-state index contributed by atoms with van der Waals surface area (Å²) in [6.45, 7) is -1.55. The predicted molar refractivity (Wildman–Crippen MR) is 48.4 cm³/mol. The Morgan fingerprint density at radius 2 is 1.40 bits per heavy atom. The zero-order chi connectivity index (χ0) is 15.2. The molecule has 0 aromatic heterocycles. The molecule has 110 valence electrons. The Kier molecular flexibility index (Phi) is 3.26. The maximum atomic E-state index is 13.4. The minimum atomic E-state index is -4.05. The first-order valence-electron chi connectivity index (χ1n) is 4.99. The van der Waals surface area contributed by atoms with Crippen LogP contribution in [0.1, 0.15) is 11.6 Å². The quantitative estimate of drug-likeness (QED) is 0.492. The van der Waals surface area contributed by atoms with Crippen molar-refractivity contribution in [3.05, 3.63) is 34.6 Å². The second-order valence-electron chi connectivity index (χ2n) is 3.90. The highest BCUT2D eigenvalue weighted by Gasteiger charge is 2.50. The van der Waals surface area contributed by atoms with Crippen LogP contribution in [-0.2, 0) is 4.74 Å². The zero-order valence-electron chi connectivity index (χ0n) is 9.25. The summed E-state index contributed by atoms with van der Waals surface area (Å²) in [5.41, 5.74) is -1.82. The minimum Gasteiger partial charge on any atom is -0.443 e. The third-order valence-corrected chi connectivity index (χ3v) is 2.61. The summed E-state index contributed by atoms with van der Waals surface area (Å²) < 4.78 is 96.3.